The Bertz CT molecular complexity index is 493. The highest BCUT2D eigenvalue weighted by atomic mass is 35.5. The zero-order valence-electron chi connectivity index (χ0n) is 11.3. The molecule has 1 rings (SSSR count). The van der Waals surface area contributed by atoms with Crippen molar-refractivity contribution in [2.75, 3.05) is 19.0 Å². The topological polar surface area (TPSA) is 87.7 Å². The average Bonchev–Trinajstić information content (AvgIpc) is 2.38. The first-order valence-corrected chi connectivity index (χ1v) is 6.35. The van der Waals surface area contributed by atoms with E-state index in [0.717, 1.165) is 5.56 Å². The van der Waals surface area contributed by atoms with Crippen LogP contribution in [0.2, 0.25) is 5.02 Å². The summed E-state index contributed by atoms with van der Waals surface area (Å²) in [5.41, 5.74) is 1.48. The number of nitrogens with one attached hydrogen (secondary N) is 2. The van der Waals surface area contributed by atoms with Crippen molar-refractivity contribution in [1.29, 1.82) is 0 Å². The van der Waals surface area contributed by atoms with E-state index in [1.54, 1.807) is 18.2 Å². The molecule has 1 atom stereocenters. The monoisotopic (exact) mass is 300 g/mol. The van der Waals surface area contributed by atoms with Gasteiger partial charge in [0.05, 0.1) is 12.5 Å². The number of benzene rings is 1. The van der Waals surface area contributed by atoms with Gasteiger partial charge in [-0.25, -0.2) is 4.79 Å². The van der Waals surface area contributed by atoms with Crippen LogP contribution in [-0.4, -0.2) is 36.9 Å². The quantitative estimate of drug-likeness (QED) is 0.752. The SMILES string of the molecule is COC(CNC(=O)Nc1ccc(C)c(Cl)c1)CC(=O)O. The van der Waals surface area contributed by atoms with Crippen LogP contribution in [0.1, 0.15) is 12.0 Å². The molecule has 2 amide bonds. The molecule has 1 aromatic rings. The number of carbonyl (C=O) groups is 2. The van der Waals surface area contributed by atoms with Gasteiger partial charge in [-0.2, -0.15) is 0 Å². The number of aryl methyl sites for hydroxylation is 1. The van der Waals surface area contributed by atoms with E-state index in [-0.39, 0.29) is 13.0 Å². The molecule has 0 aliphatic rings. The van der Waals surface area contributed by atoms with Crippen LogP contribution in [0.25, 0.3) is 0 Å². The van der Waals surface area contributed by atoms with E-state index in [1.165, 1.54) is 7.11 Å². The molecule has 110 valence electrons. The van der Waals surface area contributed by atoms with Crippen LogP contribution >= 0.6 is 11.6 Å². The maximum absolute atomic E-state index is 11.6. The molecule has 0 saturated carbocycles. The second-order valence-corrected chi connectivity index (χ2v) is 4.66. The Morgan fingerprint density at radius 1 is 1.45 bits per heavy atom. The number of hydrogen-bond donors (Lipinski definition) is 3. The van der Waals surface area contributed by atoms with Crippen molar-refractivity contribution in [3.63, 3.8) is 0 Å². The number of rotatable bonds is 6. The van der Waals surface area contributed by atoms with Gasteiger partial charge in [0.25, 0.3) is 0 Å². The van der Waals surface area contributed by atoms with Crippen molar-refractivity contribution in [2.45, 2.75) is 19.4 Å². The highest BCUT2D eigenvalue weighted by Crippen LogP contribution is 2.19. The fourth-order valence-corrected chi connectivity index (χ4v) is 1.67. The molecular formula is C13H17ClN2O4. The number of carboxylic acids is 1. The lowest BCUT2D eigenvalue weighted by Gasteiger charge is -2.14. The molecule has 0 aliphatic heterocycles. The summed E-state index contributed by atoms with van der Waals surface area (Å²) in [4.78, 5) is 22.2. The summed E-state index contributed by atoms with van der Waals surface area (Å²) in [5.74, 6) is -0.982. The maximum atomic E-state index is 11.6. The first-order chi connectivity index (χ1) is 9.42. The summed E-state index contributed by atoms with van der Waals surface area (Å²) in [5, 5.41) is 14.4. The lowest BCUT2D eigenvalue weighted by Crippen LogP contribution is -2.37. The van der Waals surface area contributed by atoms with Gasteiger partial charge in [-0.05, 0) is 24.6 Å². The van der Waals surface area contributed by atoms with E-state index >= 15 is 0 Å². The minimum Gasteiger partial charge on any atom is -0.481 e. The summed E-state index contributed by atoms with van der Waals surface area (Å²) in [6.45, 7) is 1.97. The van der Waals surface area contributed by atoms with Gasteiger partial charge in [-0.15, -0.1) is 0 Å². The molecule has 1 unspecified atom stereocenters. The summed E-state index contributed by atoms with van der Waals surface area (Å²) in [6.07, 6.45) is -0.743. The molecule has 0 heterocycles. The number of carbonyl (C=O) groups excluding carboxylic acids is 1. The Morgan fingerprint density at radius 2 is 2.15 bits per heavy atom. The average molecular weight is 301 g/mol. The van der Waals surface area contributed by atoms with Gasteiger partial charge < -0.3 is 20.5 Å². The summed E-state index contributed by atoms with van der Waals surface area (Å²) in [6, 6.07) is 4.71. The lowest BCUT2D eigenvalue weighted by atomic mass is 10.2. The third-order valence-electron chi connectivity index (χ3n) is 2.66. The van der Waals surface area contributed by atoms with E-state index in [0.29, 0.717) is 10.7 Å². The normalized spacial score (nSPS) is 11.8. The van der Waals surface area contributed by atoms with Gasteiger partial charge in [-0.3, -0.25) is 4.79 Å². The number of methoxy groups -OCH3 is 1. The Morgan fingerprint density at radius 3 is 2.70 bits per heavy atom. The molecule has 6 nitrogen and oxygen atoms in total. The number of carboxylic acid groups (broad SMARTS) is 1. The van der Waals surface area contributed by atoms with Crippen LogP contribution in [0.15, 0.2) is 18.2 Å². The molecule has 20 heavy (non-hydrogen) atoms. The first kappa shape index (κ1) is 16.3. The molecular weight excluding hydrogens is 284 g/mol. The number of hydrogen-bond acceptors (Lipinski definition) is 3. The van der Waals surface area contributed by atoms with Gasteiger partial charge in [0.2, 0.25) is 0 Å². The second kappa shape index (κ2) is 7.72. The first-order valence-electron chi connectivity index (χ1n) is 5.98. The van der Waals surface area contributed by atoms with Crippen molar-refractivity contribution >= 4 is 29.3 Å². The van der Waals surface area contributed by atoms with E-state index in [1.807, 2.05) is 6.92 Å². The van der Waals surface area contributed by atoms with Gasteiger partial charge in [0.1, 0.15) is 0 Å². The van der Waals surface area contributed by atoms with Crippen LogP contribution < -0.4 is 10.6 Å². The van der Waals surface area contributed by atoms with Crippen LogP contribution in [0.4, 0.5) is 10.5 Å². The van der Waals surface area contributed by atoms with Crippen molar-refractivity contribution in [3.8, 4) is 0 Å². The molecule has 0 fully saturated rings. The maximum Gasteiger partial charge on any atom is 0.319 e. The van der Waals surface area contributed by atoms with Gasteiger partial charge >= 0.3 is 12.0 Å². The molecule has 0 aliphatic carbocycles. The molecule has 0 spiro atoms. The Kier molecular flexibility index (Phi) is 6.27. The third kappa shape index (κ3) is 5.46. The van der Waals surface area contributed by atoms with Crippen LogP contribution in [0, 0.1) is 6.92 Å². The molecule has 0 radical (unpaired) electrons. The van der Waals surface area contributed by atoms with Crippen molar-refractivity contribution in [3.05, 3.63) is 28.8 Å². The molecule has 1 aromatic carbocycles. The summed E-state index contributed by atoms with van der Waals surface area (Å²) in [7, 11) is 1.40. The van der Waals surface area contributed by atoms with Crippen LogP contribution in [0.3, 0.4) is 0 Å². The predicted molar refractivity (Wildman–Crippen MR) is 76.3 cm³/mol. The van der Waals surface area contributed by atoms with Crippen molar-refractivity contribution < 1.29 is 19.4 Å². The highest BCUT2D eigenvalue weighted by molar-refractivity contribution is 6.31. The molecule has 0 aromatic heterocycles. The largest absolute Gasteiger partial charge is 0.481 e. The third-order valence-corrected chi connectivity index (χ3v) is 3.06. The Labute approximate surface area is 122 Å². The second-order valence-electron chi connectivity index (χ2n) is 4.25. The van der Waals surface area contributed by atoms with Crippen molar-refractivity contribution in [1.82, 2.24) is 5.32 Å². The fraction of sp³-hybridized carbons (Fsp3) is 0.385. The van der Waals surface area contributed by atoms with E-state index in [4.69, 9.17) is 21.4 Å². The Balaban J connectivity index is 2.46. The fourth-order valence-electron chi connectivity index (χ4n) is 1.49. The van der Waals surface area contributed by atoms with E-state index in [9.17, 15) is 9.59 Å². The van der Waals surface area contributed by atoms with Crippen LogP contribution in [-0.2, 0) is 9.53 Å². The minimum atomic E-state index is -0.982. The van der Waals surface area contributed by atoms with Gasteiger partial charge in [0.15, 0.2) is 0 Å². The number of halogens is 1. The molecule has 0 bridgehead atoms. The van der Waals surface area contributed by atoms with Gasteiger partial charge in [-0.1, -0.05) is 17.7 Å². The zero-order chi connectivity index (χ0) is 15.1. The van der Waals surface area contributed by atoms with Crippen molar-refractivity contribution in [2.24, 2.45) is 0 Å². The highest BCUT2D eigenvalue weighted by Gasteiger charge is 2.13. The molecule has 7 heteroatoms. The number of ether oxygens (including phenoxy) is 1. The lowest BCUT2D eigenvalue weighted by molar-refractivity contribution is -0.139. The number of aliphatic carboxylic acids is 1. The number of urea groups is 1. The van der Waals surface area contributed by atoms with E-state index < -0.39 is 18.1 Å². The molecule has 3 N–H and O–H groups in total. The molecule has 0 saturated heterocycles. The Hall–Kier alpha value is -1.79. The zero-order valence-corrected chi connectivity index (χ0v) is 12.0. The van der Waals surface area contributed by atoms with Gasteiger partial charge in [0, 0.05) is 24.4 Å². The summed E-state index contributed by atoms with van der Waals surface area (Å²) >= 11 is 5.95. The van der Waals surface area contributed by atoms with E-state index in [2.05, 4.69) is 10.6 Å². The number of amides is 2. The summed E-state index contributed by atoms with van der Waals surface area (Å²) < 4.78 is 4.95. The standard InChI is InChI=1S/C13H17ClN2O4/c1-8-3-4-9(5-11(8)14)16-13(19)15-7-10(20-2)6-12(17)18/h3-5,10H,6-7H2,1-2H3,(H,17,18)(H2,15,16,19). The smallest absolute Gasteiger partial charge is 0.319 e. The predicted octanol–water partition coefficient (Wildman–Crippen LogP) is 2.26. The van der Waals surface area contributed by atoms with Crippen LogP contribution in [0.5, 0.6) is 0 Å². The number of anilines is 1. The minimum absolute atomic E-state index is 0.105.